The first-order valence-corrected chi connectivity index (χ1v) is 9.02. The fraction of sp³-hybridized carbons (Fsp3) is 0.190. The summed E-state index contributed by atoms with van der Waals surface area (Å²) in [4.78, 5) is 25.5. The van der Waals surface area contributed by atoms with Gasteiger partial charge in [0, 0.05) is 12.1 Å². The van der Waals surface area contributed by atoms with E-state index in [4.69, 9.17) is 0 Å². The van der Waals surface area contributed by atoms with E-state index < -0.39 is 0 Å². The van der Waals surface area contributed by atoms with Crippen LogP contribution in [0.5, 0.6) is 0 Å². The maximum Gasteiger partial charge on any atom is 0.251 e. The van der Waals surface area contributed by atoms with Gasteiger partial charge in [-0.1, -0.05) is 24.3 Å². The largest absolute Gasteiger partial charge is 0.348 e. The fourth-order valence-electron chi connectivity index (χ4n) is 2.92. The van der Waals surface area contributed by atoms with E-state index in [-0.39, 0.29) is 5.91 Å². The first-order chi connectivity index (χ1) is 13.6. The van der Waals surface area contributed by atoms with Crippen molar-refractivity contribution in [3.8, 4) is 0 Å². The molecule has 28 heavy (non-hydrogen) atoms. The normalized spacial score (nSPS) is 10.9. The van der Waals surface area contributed by atoms with Gasteiger partial charge in [-0.05, 0) is 43.2 Å². The summed E-state index contributed by atoms with van der Waals surface area (Å²) in [6.45, 7) is 4.98. The van der Waals surface area contributed by atoms with Crippen molar-refractivity contribution in [2.45, 2.75) is 26.9 Å². The molecule has 0 aliphatic carbocycles. The summed E-state index contributed by atoms with van der Waals surface area (Å²) in [6, 6.07) is 13.5. The number of aromatic nitrogens is 5. The van der Waals surface area contributed by atoms with Gasteiger partial charge in [-0.3, -0.25) is 4.79 Å². The highest BCUT2D eigenvalue weighted by molar-refractivity contribution is 5.97. The number of rotatable bonds is 5. The average Bonchev–Trinajstić information content (AvgIpc) is 3.21. The Bertz CT molecular complexity index is 1120. The molecule has 4 rings (SSSR count). The minimum Gasteiger partial charge on any atom is -0.348 e. The van der Waals surface area contributed by atoms with Crippen molar-refractivity contribution >= 4 is 16.9 Å². The van der Waals surface area contributed by atoms with E-state index in [0.717, 1.165) is 33.5 Å². The standard InChI is InChI=1S/C21H20N6O/c1-14-15(2)26-20-9-18(7-8-19(20)25-14)21(28)23-10-16-3-5-17(6-4-16)11-27-13-22-12-24-27/h3-9,12-13H,10-11H2,1-2H3,(H,23,28). The molecule has 140 valence electrons. The highest BCUT2D eigenvalue weighted by Crippen LogP contribution is 2.15. The molecule has 0 atom stereocenters. The molecule has 2 aromatic carbocycles. The monoisotopic (exact) mass is 372 g/mol. The van der Waals surface area contributed by atoms with Crippen molar-refractivity contribution < 1.29 is 4.79 Å². The van der Waals surface area contributed by atoms with Gasteiger partial charge in [-0.15, -0.1) is 0 Å². The third-order valence-corrected chi connectivity index (χ3v) is 4.62. The van der Waals surface area contributed by atoms with Crippen LogP contribution in [0.2, 0.25) is 0 Å². The number of aryl methyl sites for hydroxylation is 2. The number of nitrogens with one attached hydrogen (secondary N) is 1. The Hall–Kier alpha value is -3.61. The zero-order valence-corrected chi connectivity index (χ0v) is 15.8. The lowest BCUT2D eigenvalue weighted by molar-refractivity contribution is 0.0951. The molecular weight excluding hydrogens is 352 g/mol. The van der Waals surface area contributed by atoms with Crippen molar-refractivity contribution in [3.05, 3.63) is 83.2 Å². The zero-order valence-electron chi connectivity index (χ0n) is 15.8. The number of hydrogen-bond donors (Lipinski definition) is 1. The summed E-state index contributed by atoms with van der Waals surface area (Å²) in [6.07, 6.45) is 3.20. The fourth-order valence-corrected chi connectivity index (χ4v) is 2.92. The summed E-state index contributed by atoms with van der Waals surface area (Å²) in [5, 5.41) is 7.05. The molecule has 2 aromatic heterocycles. The number of benzene rings is 2. The minimum atomic E-state index is -0.131. The molecule has 7 nitrogen and oxygen atoms in total. The molecule has 0 saturated carbocycles. The van der Waals surface area contributed by atoms with E-state index in [1.807, 2.05) is 44.2 Å². The number of amides is 1. The molecule has 0 aliphatic rings. The van der Waals surface area contributed by atoms with Gasteiger partial charge in [-0.25, -0.2) is 19.6 Å². The van der Waals surface area contributed by atoms with E-state index >= 15 is 0 Å². The van der Waals surface area contributed by atoms with Crippen LogP contribution in [-0.2, 0) is 13.1 Å². The molecule has 0 unspecified atom stereocenters. The van der Waals surface area contributed by atoms with Crippen molar-refractivity contribution in [3.63, 3.8) is 0 Å². The van der Waals surface area contributed by atoms with Crippen LogP contribution in [0.25, 0.3) is 11.0 Å². The quantitative estimate of drug-likeness (QED) is 0.582. The van der Waals surface area contributed by atoms with Crippen LogP contribution in [0.4, 0.5) is 0 Å². The summed E-state index contributed by atoms with van der Waals surface area (Å²) >= 11 is 0. The molecule has 0 fully saturated rings. The highest BCUT2D eigenvalue weighted by atomic mass is 16.1. The predicted molar refractivity (Wildman–Crippen MR) is 106 cm³/mol. The Balaban J connectivity index is 1.41. The third kappa shape index (κ3) is 3.88. The maximum absolute atomic E-state index is 12.5. The van der Waals surface area contributed by atoms with Gasteiger partial charge in [0.1, 0.15) is 12.7 Å². The molecule has 0 spiro atoms. The van der Waals surface area contributed by atoms with Crippen molar-refractivity contribution in [1.29, 1.82) is 0 Å². The lowest BCUT2D eigenvalue weighted by atomic mass is 10.1. The molecule has 1 N–H and O–H groups in total. The Morgan fingerprint density at radius 1 is 0.964 bits per heavy atom. The van der Waals surface area contributed by atoms with Gasteiger partial charge in [0.25, 0.3) is 5.91 Å². The van der Waals surface area contributed by atoms with E-state index in [2.05, 4.69) is 25.4 Å². The summed E-state index contributed by atoms with van der Waals surface area (Å²) in [7, 11) is 0. The Labute approximate surface area is 162 Å². The maximum atomic E-state index is 12.5. The third-order valence-electron chi connectivity index (χ3n) is 4.62. The molecule has 0 bridgehead atoms. The molecule has 0 aliphatic heterocycles. The first kappa shape index (κ1) is 17.8. The van der Waals surface area contributed by atoms with Crippen LogP contribution in [0.15, 0.2) is 55.1 Å². The highest BCUT2D eigenvalue weighted by Gasteiger charge is 2.09. The number of fused-ring (bicyclic) bond motifs is 1. The topological polar surface area (TPSA) is 85.6 Å². The van der Waals surface area contributed by atoms with E-state index in [0.29, 0.717) is 18.7 Å². The van der Waals surface area contributed by atoms with Gasteiger partial charge in [-0.2, -0.15) is 5.10 Å². The van der Waals surface area contributed by atoms with Crippen LogP contribution in [0.3, 0.4) is 0 Å². The SMILES string of the molecule is Cc1nc2ccc(C(=O)NCc3ccc(Cn4cncn4)cc3)cc2nc1C. The smallest absolute Gasteiger partial charge is 0.251 e. The molecule has 0 saturated heterocycles. The van der Waals surface area contributed by atoms with Crippen molar-refractivity contribution in [2.24, 2.45) is 0 Å². The Kier molecular flexibility index (Phi) is 4.80. The average molecular weight is 372 g/mol. The van der Waals surface area contributed by atoms with Crippen LogP contribution in [-0.4, -0.2) is 30.6 Å². The van der Waals surface area contributed by atoms with E-state index in [1.54, 1.807) is 23.1 Å². The minimum absolute atomic E-state index is 0.131. The second kappa shape index (κ2) is 7.56. The second-order valence-electron chi connectivity index (χ2n) is 6.69. The molecular formula is C21H20N6O. The predicted octanol–water partition coefficient (Wildman–Crippen LogP) is 2.82. The van der Waals surface area contributed by atoms with E-state index in [1.165, 1.54) is 6.33 Å². The zero-order chi connectivity index (χ0) is 19.5. The summed E-state index contributed by atoms with van der Waals surface area (Å²) < 4.78 is 1.77. The lowest BCUT2D eigenvalue weighted by Crippen LogP contribution is -2.22. The summed E-state index contributed by atoms with van der Waals surface area (Å²) in [5.41, 5.74) is 6.03. The van der Waals surface area contributed by atoms with Gasteiger partial charge in [0.15, 0.2) is 0 Å². The van der Waals surface area contributed by atoms with Crippen LogP contribution in [0, 0.1) is 13.8 Å². The molecule has 7 heteroatoms. The summed E-state index contributed by atoms with van der Waals surface area (Å²) in [5.74, 6) is -0.131. The van der Waals surface area contributed by atoms with Gasteiger partial charge >= 0.3 is 0 Å². The molecule has 2 heterocycles. The van der Waals surface area contributed by atoms with Gasteiger partial charge < -0.3 is 5.32 Å². The lowest BCUT2D eigenvalue weighted by Gasteiger charge is -2.08. The number of carbonyl (C=O) groups excluding carboxylic acids is 1. The van der Waals surface area contributed by atoms with Gasteiger partial charge in [0.05, 0.1) is 29.0 Å². The van der Waals surface area contributed by atoms with Crippen molar-refractivity contribution in [1.82, 2.24) is 30.0 Å². The Morgan fingerprint density at radius 3 is 2.39 bits per heavy atom. The van der Waals surface area contributed by atoms with Crippen molar-refractivity contribution in [2.75, 3.05) is 0 Å². The van der Waals surface area contributed by atoms with Crippen LogP contribution >= 0.6 is 0 Å². The number of hydrogen-bond acceptors (Lipinski definition) is 5. The molecule has 4 aromatic rings. The molecule has 1 amide bonds. The number of carbonyl (C=O) groups is 1. The first-order valence-electron chi connectivity index (χ1n) is 9.02. The van der Waals surface area contributed by atoms with Crippen LogP contribution in [0.1, 0.15) is 32.9 Å². The van der Waals surface area contributed by atoms with E-state index in [9.17, 15) is 4.79 Å². The Morgan fingerprint density at radius 2 is 1.68 bits per heavy atom. The van der Waals surface area contributed by atoms with Crippen LogP contribution < -0.4 is 5.32 Å². The van der Waals surface area contributed by atoms with Gasteiger partial charge in [0.2, 0.25) is 0 Å². The molecule has 0 radical (unpaired) electrons. The second-order valence-corrected chi connectivity index (χ2v) is 6.69. The number of nitrogens with zero attached hydrogens (tertiary/aromatic N) is 5.